The monoisotopic (exact) mass is 276 g/mol. The van der Waals surface area contributed by atoms with Gasteiger partial charge in [-0.25, -0.2) is 4.79 Å². The van der Waals surface area contributed by atoms with E-state index in [0.29, 0.717) is 5.56 Å². The van der Waals surface area contributed by atoms with E-state index in [4.69, 9.17) is 5.11 Å². The standard InChI is InChI=1S/C15H20N2O3/c1-2-3-5-13-6-4-7-17(13)14(18)11-8-12(15(19)20)10-16-9-11/h8-10,13H,2-7H2,1H3,(H,19,20). The second-order valence-electron chi connectivity index (χ2n) is 5.20. The maximum Gasteiger partial charge on any atom is 0.337 e. The van der Waals surface area contributed by atoms with Gasteiger partial charge in [0.1, 0.15) is 0 Å². The van der Waals surface area contributed by atoms with Gasteiger partial charge in [-0.1, -0.05) is 19.8 Å². The van der Waals surface area contributed by atoms with Gasteiger partial charge in [-0.15, -0.1) is 0 Å². The Kier molecular flexibility index (Phi) is 4.71. The number of carbonyl (C=O) groups is 2. The van der Waals surface area contributed by atoms with Crippen LogP contribution in [0.15, 0.2) is 18.5 Å². The summed E-state index contributed by atoms with van der Waals surface area (Å²) >= 11 is 0. The van der Waals surface area contributed by atoms with Crippen molar-refractivity contribution in [3.63, 3.8) is 0 Å². The van der Waals surface area contributed by atoms with Gasteiger partial charge in [0.25, 0.3) is 5.91 Å². The lowest BCUT2D eigenvalue weighted by atomic mass is 10.1. The highest BCUT2D eigenvalue weighted by atomic mass is 16.4. The summed E-state index contributed by atoms with van der Waals surface area (Å²) in [6.07, 6.45) is 8.02. The van der Waals surface area contributed by atoms with Crippen LogP contribution in [-0.2, 0) is 0 Å². The molecule has 1 N–H and O–H groups in total. The van der Waals surface area contributed by atoms with Crippen molar-refractivity contribution in [1.82, 2.24) is 9.88 Å². The molecule has 0 aromatic carbocycles. The van der Waals surface area contributed by atoms with Crippen molar-refractivity contribution in [2.75, 3.05) is 6.54 Å². The molecule has 108 valence electrons. The van der Waals surface area contributed by atoms with Gasteiger partial charge in [-0.2, -0.15) is 0 Å². The Bertz CT molecular complexity index is 502. The number of hydrogen-bond acceptors (Lipinski definition) is 3. The summed E-state index contributed by atoms with van der Waals surface area (Å²) in [6, 6.07) is 1.70. The molecule has 1 saturated heterocycles. The largest absolute Gasteiger partial charge is 0.478 e. The van der Waals surface area contributed by atoms with Crippen molar-refractivity contribution in [2.24, 2.45) is 0 Å². The van der Waals surface area contributed by atoms with Crippen LogP contribution in [0, 0.1) is 0 Å². The summed E-state index contributed by atoms with van der Waals surface area (Å²) in [5, 5.41) is 8.96. The number of rotatable bonds is 5. The molecule has 0 saturated carbocycles. The summed E-state index contributed by atoms with van der Waals surface area (Å²) in [5.74, 6) is -1.16. The SMILES string of the molecule is CCCCC1CCCN1C(=O)c1cncc(C(=O)O)c1. The molecule has 1 unspecified atom stereocenters. The van der Waals surface area contributed by atoms with Gasteiger partial charge in [0.2, 0.25) is 0 Å². The highest BCUT2D eigenvalue weighted by Crippen LogP contribution is 2.24. The molecule has 0 radical (unpaired) electrons. The molecule has 0 spiro atoms. The molecule has 1 atom stereocenters. The van der Waals surface area contributed by atoms with Crippen LogP contribution in [0.3, 0.4) is 0 Å². The summed E-state index contributed by atoms with van der Waals surface area (Å²) < 4.78 is 0. The fourth-order valence-corrected chi connectivity index (χ4v) is 2.68. The van der Waals surface area contributed by atoms with Crippen LogP contribution >= 0.6 is 0 Å². The fraction of sp³-hybridized carbons (Fsp3) is 0.533. The molecule has 1 fully saturated rings. The van der Waals surface area contributed by atoms with Crippen LogP contribution in [0.5, 0.6) is 0 Å². The molecule has 5 nitrogen and oxygen atoms in total. The molecule has 0 bridgehead atoms. The van der Waals surface area contributed by atoms with E-state index in [1.807, 2.05) is 4.90 Å². The molecule has 1 aromatic heterocycles. The highest BCUT2D eigenvalue weighted by Gasteiger charge is 2.29. The smallest absolute Gasteiger partial charge is 0.337 e. The third-order valence-electron chi connectivity index (χ3n) is 3.76. The molecular weight excluding hydrogens is 256 g/mol. The Morgan fingerprint density at radius 2 is 2.15 bits per heavy atom. The number of aromatic carboxylic acids is 1. The summed E-state index contributed by atoms with van der Waals surface area (Å²) in [6.45, 7) is 2.89. The van der Waals surface area contributed by atoms with Crippen LogP contribution in [0.25, 0.3) is 0 Å². The molecule has 5 heteroatoms. The third kappa shape index (κ3) is 3.15. The molecule has 20 heavy (non-hydrogen) atoms. The minimum atomic E-state index is -1.06. The van der Waals surface area contributed by atoms with Crippen LogP contribution < -0.4 is 0 Å². The van der Waals surface area contributed by atoms with Gasteiger partial charge in [-0.05, 0) is 25.3 Å². The van der Waals surface area contributed by atoms with Crippen molar-refractivity contribution >= 4 is 11.9 Å². The zero-order valence-electron chi connectivity index (χ0n) is 11.7. The van der Waals surface area contributed by atoms with E-state index in [-0.39, 0.29) is 17.5 Å². The Labute approximate surface area is 118 Å². The lowest BCUT2D eigenvalue weighted by Crippen LogP contribution is -2.35. The van der Waals surface area contributed by atoms with Gasteiger partial charge < -0.3 is 10.0 Å². The topological polar surface area (TPSA) is 70.5 Å². The fourth-order valence-electron chi connectivity index (χ4n) is 2.68. The molecule has 1 amide bonds. The number of hydrogen-bond donors (Lipinski definition) is 1. The van der Waals surface area contributed by atoms with Crippen molar-refractivity contribution in [3.05, 3.63) is 29.6 Å². The number of nitrogens with zero attached hydrogens (tertiary/aromatic N) is 2. The van der Waals surface area contributed by atoms with Crippen LogP contribution in [0.4, 0.5) is 0 Å². The number of carboxylic acids is 1. The predicted octanol–water partition coefficient (Wildman–Crippen LogP) is 2.57. The Hall–Kier alpha value is -1.91. The van der Waals surface area contributed by atoms with Gasteiger partial charge >= 0.3 is 5.97 Å². The van der Waals surface area contributed by atoms with Crippen LogP contribution in [0.2, 0.25) is 0 Å². The maximum atomic E-state index is 12.5. The van der Waals surface area contributed by atoms with E-state index in [9.17, 15) is 9.59 Å². The van der Waals surface area contributed by atoms with Crippen molar-refractivity contribution in [3.8, 4) is 0 Å². The second kappa shape index (κ2) is 6.50. The first-order valence-electron chi connectivity index (χ1n) is 7.12. The number of likely N-dealkylation sites (tertiary alicyclic amines) is 1. The Morgan fingerprint density at radius 1 is 1.40 bits per heavy atom. The summed E-state index contributed by atoms with van der Waals surface area (Å²) in [4.78, 5) is 29.2. The molecule has 0 aliphatic carbocycles. The normalized spacial score (nSPS) is 18.2. The Balaban J connectivity index is 2.13. The number of aromatic nitrogens is 1. The van der Waals surface area contributed by atoms with Crippen molar-refractivity contribution < 1.29 is 14.7 Å². The van der Waals surface area contributed by atoms with Gasteiger partial charge in [0.05, 0.1) is 11.1 Å². The number of carboxylic acid groups (broad SMARTS) is 1. The first kappa shape index (κ1) is 14.5. The molecule has 1 aliphatic heterocycles. The number of carbonyl (C=O) groups excluding carboxylic acids is 1. The molecule has 2 heterocycles. The first-order valence-corrected chi connectivity index (χ1v) is 7.12. The second-order valence-corrected chi connectivity index (χ2v) is 5.20. The first-order chi connectivity index (χ1) is 9.63. The molecular formula is C15H20N2O3. The molecule has 2 rings (SSSR count). The van der Waals surface area contributed by atoms with Gasteiger partial charge in [-0.3, -0.25) is 9.78 Å². The molecule has 1 aromatic rings. The average Bonchev–Trinajstić information content (AvgIpc) is 2.92. The van der Waals surface area contributed by atoms with Crippen LogP contribution in [0.1, 0.15) is 59.7 Å². The lowest BCUT2D eigenvalue weighted by Gasteiger charge is -2.24. The third-order valence-corrected chi connectivity index (χ3v) is 3.76. The van der Waals surface area contributed by atoms with E-state index in [0.717, 1.165) is 38.6 Å². The zero-order chi connectivity index (χ0) is 14.5. The van der Waals surface area contributed by atoms with Crippen molar-refractivity contribution in [2.45, 2.75) is 45.1 Å². The van der Waals surface area contributed by atoms with E-state index in [2.05, 4.69) is 11.9 Å². The minimum absolute atomic E-state index is 0.0557. The van der Waals surface area contributed by atoms with Crippen molar-refractivity contribution in [1.29, 1.82) is 0 Å². The van der Waals surface area contributed by atoms with Gasteiger partial charge in [0, 0.05) is 25.0 Å². The Morgan fingerprint density at radius 3 is 2.85 bits per heavy atom. The summed E-state index contributed by atoms with van der Waals surface area (Å²) in [5.41, 5.74) is 0.424. The van der Waals surface area contributed by atoms with E-state index < -0.39 is 5.97 Å². The van der Waals surface area contributed by atoms with E-state index in [1.54, 1.807) is 0 Å². The highest BCUT2D eigenvalue weighted by molar-refractivity contribution is 5.97. The summed E-state index contributed by atoms with van der Waals surface area (Å²) in [7, 11) is 0. The lowest BCUT2D eigenvalue weighted by molar-refractivity contribution is 0.0696. The quantitative estimate of drug-likeness (QED) is 0.897. The average molecular weight is 276 g/mol. The minimum Gasteiger partial charge on any atom is -0.478 e. The number of pyridine rings is 1. The van der Waals surface area contributed by atoms with Crippen LogP contribution in [-0.4, -0.2) is 39.5 Å². The molecule has 1 aliphatic rings. The zero-order valence-corrected chi connectivity index (χ0v) is 11.7. The number of unbranched alkanes of at least 4 members (excludes halogenated alkanes) is 1. The predicted molar refractivity (Wildman–Crippen MR) is 74.8 cm³/mol. The van der Waals surface area contributed by atoms with E-state index >= 15 is 0 Å². The van der Waals surface area contributed by atoms with E-state index in [1.165, 1.54) is 18.5 Å². The number of amides is 1. The maximum absolute atomic E-state index is 12.5. The van der Waals surface area contributed by atoms with Gasteiger partial charge in [0.15, 0.2) is 0 Å².